The summed E-state index contributed by atoms with van der Waals surface area (Å²) >= 11 is 0. The standard InChI is InChI=1S/C18H24N2O2/c1-5-8-14(20-17(21)22-18(2,3)4)11-13-12-19-16-10-7-6-9-15(13)16/h5-10,12,14,19H,11H2,1-4H3,(H,20,21)/b8-5+/t14-/m0/s1. The minimum Gasteiger partial charge on any atom is -0.444 e. The van der Waals surface area contributed by atoms with Crippen LogP contribution in [-0.4, -0.2) is 22.7 Å². The van der Waals surface area contributed by atoms with E-state index < -0.39 is 11.7 Å². The molecule has 0 aliphatic rings. The first kappa shape index (κ1) is 16.1. The van der Waals surface area contributed by atoms with Crippen molar-refractivity contribution in [2.75, 3.05) is 0 Å². The molecule has 0 radical (unpaired) electrons. The topological polar surface area (TPSA) is 54.1 Å². The van der Waals surface area contributed by atoms with Gasteiger partial charge in [0, 0.05) is 17.1 Å². The number of para-hydroxylation sites is 1. The van der Waals surface area contributed by atoms with Crippen molar-refractivity contribution < 1.29 is 9.53 Å². The van der Waals surface area contributed by atoms with Gasteiger partial charge in [-0.15, -0.1) is 0 Å². The quantitative estimate of drug-likeness (QED) is 0.832. The maximum Gasteiger partial charge on any atom is 0.408 e. The number of rotatable bonds is 4. The SMILES string of the molecule is C/C=C/[C@@H](Cc1c[nH]c2ccccc12)NC(=O)OC(C)(C)C. The van der Waals surface area contributed by atoms with Crippen molar-refractivity contribution in [3.63, 3.8) is 0 Å². The Bertz CT molecular complexity index is 665. The molecule has 0 saturated carbocycles. The van der Waals surface area contributed by atoms with Gasteiger partial charge in [-0.1, -0.05) is 30.4 Å². The summed E-state index contributed by atoms with van der Waals surface area (Å²) in [6.07, 6.45) is 6.24. The number of alkyl carbamates (subject to hydrolysis) is 1. The molecule has 1 amide bonds. The first-order valence-electron chi connectivity index (χ1n) is 7.56. The molecule has 2 aromatic rings. The largest absolute Gasteiger partial charge is 0.444 e. The average Bonchev–Trinajstić information content (AvgIpc) is 2.80. The lowest BCUT2D eigenvalue weighted by Crippen LogP contribution is -2.39. The predicted octanol–water partition coefficient (Wildman–Crippen LogP) is 4.18. The van der Waals surface area contributed by atoms with E-state index in [1.54, 1.807) is 0 Å². The van der Waals surface area contributed by atoms with Crippen LogP contribution in [0.1, 0.15) is 33.3 Å². The maximum absolute atomic E-state index is 12.0. The van der Waals surface area contributed by atoms with Gasteiger partial charge in [0.25, 0.3) is 0 Å². The van der Waals surface area contributed by atoms with Crippen LogP contribution in [0.2, 0.25) is 0 Å². The fourth-order valence-electron chi connectivity index (χ4n) is 2.40. The lowest BCUT2D eigenvalue weighted by Gasteiger charge is -2.22. The highest BCUT2D eigenvalue weighted by Crippen LogP contribution is 2.19. The molecule has 2 rings (SSSR count). The van der Waals surface area contributed by atoms with Crippen molar-refractivity contribution >= 4 is 17.0 Å². The smallest absolute Gasteiger partial charge is 0.408 e. The molecule has 2 N–H and O–H groups in total. The van der Waals surface area contributed by atoms with Crippen LogP contribution < -0.4 is 5.32 Å². The van der Waals surface area contributed by atoms with Gasteiger partial charge < -0.3 is 15.0 Å². The number of nitrogens with one attached hydrogen (secondary N) is 2. The number of allylic oxidation sites excluding steroid dienone is 1. The third-order valence-corrected chi connectivity index (χ3v) is 3.24. The summed E-state index contributed by atoms with van der Waals surface area (Å²) in [6.45, 7) is 7.52. The highest BCUT2D eigenvalue weighted by molar-refractivity contribution is 5.83. The normalized spacial score (nSPS) is 13.5. The van der Waals surface area contributed by atoms with Crippen LogP contribution in [0, 0.1) is 0 Å². The number of aromatic nitrogens is 1. The van der Waals surface area contributed by atoms with Gasteiger partial charge >= 0.3 is 6.09 Å². The Morgan fingerprint density at radius 1 is 1.36 bits per heavy atom. The van der Waals surface area contributed by atoms with E-state index in [-0.39, 0.29) is 6.04 Å². The molecule has 0 aliphatic carbocycles. The van der Waals surface area contributed by atoms with Crippen molar-refractivity contribution in [2.45, 2.75) is 45.8 Å². The fourth-order valence-corrected chi connectivity index (χ4v) is 2.40. The van der Waals surface area contributed by atoms with Crippen LogP contribution in [0.15, 0.2) is 42.6 Å². The molecule has 1 aromatic heterocycles. The summed E-state index contributed by atoms with van der Waals surface area (Å²) in [4.78, 5) is 15.2. The lowest BCUT2D eigenvalue weighted by atomic mass is 10.0. The second-order valence-electron chi connectivity index (χ2n) is 6.34. The van der Waals surface area contributed by atoms with Crippen LogP contribution in [0.3, 0.4) is 0 Å². The Labute approximate surface area is 131 Å². The van der Waals surface area contributed by atoms with Gasteiger partial charge in [-0.05, 0) is 45.7 Å². The van der Waals surface area contributed by atoms with E-state index in [1.807, 2.05) is 64.2 Å². The Balaban J connectivity index is 2.10. The molecule has 1 atom stereocenters. The van der Waals surface area contributed by atoms with Crippen molar-refractivity contribution in [1.82, 2.24) is 10.3 Å². The number of carbonyl (C=O) groups is 1. The molecule has 1 aromatic carbocycles. The van der Waals surface area contributed by atoms with E-state index >= 15 is 0 Å². The van der Waals surface area contributed by atoms with Crippen LogP contribution in [0.5, 0.6) is 0 Å². The molecular formula is C18H24N2O2. The van der Waals surface area contributed by atoms with Crippen molar-refractivity contribution in [1.29, 1.82) is 0 Å². The third kappa shape index (κ3) is 4.38. The van der Waals surface area contributed by atoms with Crippen molar-refractivity contribution in [3.05, 3.63) is 48.2 Å². The molecule has 4 heteroatoms. The van der Waals surface area contributed by atoms with Gasteiger partial charge in [-0.25, -0.2) is 4.79 Å². The van der Waals surface area contributed by atoms with E-state index in [9.17, 15) is 4.79 Å². The molecule has 0 bridgehead atoms. The molecule has 0 aliphatic heterocycles. The minimum atomic E-state index is -0.495. The second kappa shape index (κ2) is 6.69. The van der Waals surface area contributed by atoms with Crippen molar-refractivity contribution in [2.24, 2.45) is 0 Å². The van der Waals surface area contributed by atoms with Crippen LogP contribution >= 0.6 is 0 Å². The first-order valence-corrected chi connectivity index (χ1v) is 7.56. The van der Waals surface area contributed by atoms with Gasteiger partial charge in [-0.2, -0.15) is 0 Å². The predicted molar refractivity (Wildman–Crippen MR) is 90.0 cm³/mol. The molecule has 0 fully saturated rings. The number of H-pyrrole nitrogens is 1. The van der Waals surface area contributed by atoms with Crippen LogP contribution in [0.4, 0.5) is 4.79 Å². The average molecular weight is 300 g/mol. The Morgan fingerprint density at radius 2 is 2.09 bits per heavy atom. The summed E-state index contributed by atoms with van der Waals surface area (Å²) in [7, 11) is 0. The summed E-state index contributed by atoms with van der Waals surface area (Å²) in [6, 6.07) is 8.06. The van der Waals surface area contributed by atoms with Gasteiger partial charge in [0.15, 0.2) is 0 Å². The third-order valence-electron chi connectivity index (χ3n) is 3.24. The van der Waals surface area contributed by atoms with E-state index in [4.69, 9.17) is 4.74 Å². The highest BCUT2D eigenvalue weighted by atomic mass is 16.6. The maximum atomic E-state index is 12.0. The summed E-state index contributed by atoms with van der Waals surface area (Å²) in [5.41, 5.74) is 1.79. The summed E-state index contributed by atoms with van der Waals surface area (Å²) in [5, 5.41) is 4.10. The zero-order valence-electron chi connectivity index (χ0n) is 13.6. The Hall–Kier alpha value is -2.23. The molecular weight excluding hydrogens is 276 g/mol. The number of carbonyl (C=O) groups excluding carboxylic acids is 1. The molecule has 22 heavy (non-hydrogen) atoms. The molecule has 0 unspecified atom stereocenters. The number of fused-ring (bicyclic) bond motifs is 1. The Morgan fingerprint density at radius 3 is 2.77 bits per heavy atom. The second-order valence-corrected chi connectivity index (χ2v) is 6.34. The molecule has 4 nitrogen and oxygen atoms in total. The molecule has 118 valence electrons. The van der Waals surface area contributed by atoms with Gasteiger partial charge in [0.1, 0.15) is 5.60 Å². The van der Waals surface area contributed by atoms with E-state index in [0.717, 1.165) is 5.52 Å². The van der Waals surface area contributed by atoms with E-state index in [1.165, 1.54) is 10.9 Å². The number of aromatic amines is 1. The van der Waals surface area contributed by atoms with Crippen LogP contribution in [-0.2, 0) is 11.2 Å². The summed E-state index contributed by atoms with van der Waals surface area (Å²) < 4.78 is 5.33. The first-order chi connectivity index (χ1) is 10.4. The number of ether oxygens (including phenoxy) is 1. The molecule has 0 spiro atoms. The number of amides is 1. The number of hydrogen-bond donors (Lipinski definition) is 2. The van der Waals surface area contributed by atoms with Gasteiger partial charge in [-0.3, -0.25) is 0 Å². The van der Waals surface area contributed by atoms with Gasteiger partial charge in [0.05, 0.1) is 6.04 Å². The van der Waals surface area contributed by atoms with Crippen molar-refractivity contribution in [3.8, 4) is 0 Å². The van der Waals surface area contributed by atoms with E-state index in [0.29, 0.717) is 6.42 Å². The number of benzene rings is 1. The highest BCUT2D eigenvalue weighted by Gasteiger charge is 2.19. The van der Waals surface area contributed by atoms with Crippen LogP contribution in [0.25, 0.3) is 10.9 Å². The zero-order valence-corrected chi connectivity index (χ0v) is 13.6. The molecule has 0 saturated heterocycles. The van der Waals surface area contributed by atoms with E-state index in [2.05, 4.69) is 16.4 Å². The van der Waals surface area contributed by atoms with Gasteiger partial charge in [0.2, 0.25) is 0 Å². The fraction of sp³-hybridized carbons (Fsp3) is 0.389. The Kier molecular flexibility index (Phi) is 4.91. The molecule has 1 heterocycles. The minimum absolute atomic E-state index is 0.0981. The monoisotopic (exact) mass is 300 g/mol. The summed E-state index contributed by atoms with van der Waals surface area (Å²) in [5.74, 6) is 0. The zero-order chi connectivity index (χ0) is 16.2. The number of hydrogen-bond acceptors (Lipinski definition) is 2. The lowest BCUT2D eigenvalue weighted by molar-refractivity contribution is 0.0514.